The molecule has 3 aromatic rings. The highest BCUT2D eigenvalue weighted by Gasteiger charge is 2.13. The monoisotopic (exact) mass is 383 g/mol. The Labute approximate surface area is 159 Å². The van der Waals surface area contributed by atoms with Crippen LogP contribution in [0.4, 0.5) is 5.69 Å². The topological polar surface area (TPSA) is 83.6 Å². The number of halogens is 2. The van der Waals surface area contributed by atoms with Gasteiger partial charge in [0.2, 0.25) is 0 Å². The largest absolute Gasteiger partial charge is 0.320 e. The number of nitriles is 1. The fourth-order valence-electron chi connectivity index (χ4n) is 2.11. The van der Waals surface area contributed by atoms with E-state index in [9.17, 15) is 10.1 Å². The van der Waals surface area contributed by atoms with Crippen molar-refractivity contribution >= 4 is 40.9 Å². The van der Waals surface area contributed by atoms with E-state index in [4.69, 9.17) is 23.2 Å². The smallest absolute Gasteiger partial charge is 0.266 e. The zero-order valence-electron chi connectivity index (χ0n) is 13.2. The van der Waals surface area contributed by atoms with Gasteiger partial charge in [-0.15, -0.1) is 5.10 Å². The number of carbonyl (C=O) groups excluding carboxylic acids is 1. The van der Waals surface area contributed by atoms with Crippen molar-refractivity contribution in [2.24, 2.45) is 0 Å². The molecule has 0 bridgehead atoms. The van der Waals surface area contributed by atoms with Gasteiger partial charge in [0, 0.05) is 5.02 Å². The van der Waals surface area contributed by atoms with Crippen molar-refractivity contribution in [2.45, 2.75) is 0 Å². The van der Waals surface area contributed by atoms with E-state index in [0.29, 0.717) is 21.4 Å². The lowest BCUT2D eigenvalue weighted by molar-refractivity contribution is -0.112. The normalized spacial score (nSPS) is 11.0. The van der Waals surface area contributed by atoms with E-state index in [1.165, 1.54) is 23.1 Å². The summed E-state index contributed by atoms with van der Waals surface area (Å²) in [6.45, 7) is 0. The number of aromatic nitrogens is 3. The van der Waals surface area contributed by atoms with Crippen LogP contribution in [0.25, 0.3) is 11.8 Å². The van der Waals surface area contributed by atoms with Gasteiger partial charge in [-0.05, 0) is 36.4 Å². The SMILES string of the molecule is N#C/C(=C\c1cnn(-c2ccccc2)n1)C(=O)Nc1cc(Cl)ccc1Cl. The highest BCUT2D eigenvalue weighted by molar-refractivity contribution is 6.36. The van der Waals surface area contributed by atoms with E-state index in [1.54, 1.807) is 12.1 Å². The number of nitrogens with zero attached hydrogens (tertiary/aromatic N) is 4. The van der Waals surface area contributed by atoms with Gasteiger partial charge < -0.3 is 5.32 Å². The molecule has 0 atom stereocenters. The maximum atomic E-state index is 12.3. The van der Waals surface area contributed by atoms with Crippen molar-refractivity contribution in [1.82, 2.24) is 15.0 Å². The lowest BCUT2D eigenvalue weighted by Gasteiger charge is -2.06. The number of nitrogens with one attached hydrogen (secondary N) is 1. The van der Waals surface area contributed by atoms with Crippen LogP contribution in [-0.4, -0.2) is 20.9 Å². The lowest BCUT2D eigenvalue weighted by Crippen LogP contribution is -2.13. The molecule has 128 valence electrons. The van der Waals surface area contributed by atoms with E-state index in [2.05, 4.69) is 15.5 Å². The van der Waals surface area contributed by atoms with Crippen LogP contribution in [0.2, 0.25) is 10.0 Å². The Morgan fingerprint density at radius 2 is 1.96 bits per heavy atom. The first-order chi connectivity index (χ1) is 12.6. The van der Waals surface area contributed by atoms with Crippen molar-refractivity contribution in [3.05, 3.63) is 76.0 Å². The standard InChI is InChI=1S/C18H11Cl2N5O/c19-13-6-7-16(20)17(9-13)23-18(26)12(10-21)8-14-11-22-25(24-14)15-4-2-1-3-5-15/h1-9,11H,(H,23,26)/b12-8+. The Balaban J connectivity index is 1.82. The molecule has 0 aliphatic rings. The average molecular weight is 384 g/mol. The van der Waals surface area contributed by atoms with E-state index in [1.807, 2.05) is 36.4 Å². The van der Waals surface area contributed by atoms with Gasteiger partial charge in [0.25, 0.3) is 5.91 Å². The second-order valence-electron chi connectivity index (χ2n) is 5.14. The minimum atomic E-state index is -0.620. The van der Waals surface area contributed by atoms with Gasteiger partial charge in [-0.3, -0.25) is 4.79 Å². The minimum absolute atomic E-state index is 0.138. The van der Waals surface area contributed by atoms with E-state index in [-0.39, 0.29) is 5.57 Å². The fraction of sp³-hybridized carbons (Fsp3) is 0. The van der Waals surface area contributed by atoms with Gasteiger partial charge in [-0.25, -0.2) is 0 Å². The predicted molar refractivity (Wildman–Crippen MR) is 100 cm³/mol. The van der Waals surface area contributed by atoms with Crippen LogP contribution in [0.3, 0.4) is 0 Å². The average Bonchev–Trinajstić information content (AvgIpc) is 3.12. The second kappa shape index (κ2) is 7.83. The predicted octanol–water partition coefficient (Wildman–Crippen LogP) is 4.12. The summed E-state index contributed by atoms with van der Waals surface area (Å²) in [5, 5.41) is 20.9. The number of benzene rings is 2. The first-order valence-corrected chi connectivity index (χ1v) is 8.18. The third-order valence-corrected chi connectivity index (χ3v) is 3.90. The Hall–Kier alpha value is -3.14. The first kappa shape index (κ1) is 17.7. The molecule has 0 aliphatic carbocycles. The molecule has 0 fully saturated rings. The Morgan fingerprint density at radius 3 is 2.69 bits per heavy atom. The quantitative estimate of drug-likeness (QED) is 0.542. The summed E-state index contributed by atoms with van der Waals surface area (Å²) in [6.07, 6.45) is 2.81. The number of para-hydroxylation sites is 1. The maximum absolute atomic E-state index is 12.3. The highest BCUT2D eigenvalue weighted by atomic mass is 35.5. The number of carbonyl (C=O) groups is 1. The fourth-order valence-corrected chi connectivity index (χ4v) is 2.44. The number of hydrogen-bond acceptors (Lipinski definition) is 4. The molecule has 1 amide bonds. The Kier molecular flexibility index (Phi) is 5.32. The van der Waals surface area contributed by atoms with Gasteiger partial charge in [-0.1, -0.05) is 41.4 Å². The molecule has 0 spiro atoms. The molecule has 2 aromatic carbocycles. The summed E-state index contributed by atoms with van der Waals surface area (Å²) < 4.78 is 0. The van der Waals surface area contributed by atoms with Crippen LogP contribution in [0.5, 0.6) is 0 Å². The molecule has 0 saturated carbocycles. The molecule has 0 saturated heterocycles. The van der Waals surface area contributed by atoms with Crippen LogP contribution in [0.1, 0.15) is 5.69 Å². The van der Waals surface area contributed by atoms with E-state index in [0.717, 1.165) is 5.69 Å². The van der Waals surface area contributed by atoms with Crippen LogP contribution in [-0.2, 0) is 4.79 Å². The summed E-state index contributed by atoms with van der Waals surface area (Å²) >= 11 is 11.9. The first-order valence-electron chi connectivity index (χ1n) is 7.43. The summed E-state index contributed by atoms with van der Waals surface area (Å²) in [4.78, 5) is 13.7. The molecule has 0 radical (unpaired) electrons. The van der Waals surface area contributed by atoms with Gasteiger partial charge in [0.1, 0.15) is 17.3 Å². The van der Waals surface area contributed by atoms with Crippen molar-refractivity contribution in [2.75, 3.05) is 5.32 Å². The molecule has 1 heterocycles. The molecule has 26 heavy (non-hydrogen) atoms. The van der Waals surface area contributed by atoms with E-state index >= 15 is 0 Å². The zero-order valence-corrected chi connectivity index (χ0v) is 14.7. The summed E-state index contributed by atoms with van der Waals surface area (Å²) in [5.41, 5.74) is 1.32. The summed E-state index contributed by atoms with van der Waals surface area (Å²) in [7, 11) is 0. The third-order valence-electron chi connectivity index (χ3n) is 3.33. The van der Waals surface area contributed by atoms with Gasteiger partial charge in [0.05, 0.1) is 22.6 Å². The number of anilines is 1. The van der Waals surface area contributed by atoms with Gasteiger partial charge in [-0.2, -0.15) is 15.2 Å². The second-order valence-corrected chi connectivity index (χ2v) is 5.99. The number of amides is 1. The molecule has 3 rings (SSSR count). The lowest BCUT2D eigenvalue weighted by atomic mass is 10.2. The molecule has 1 aromatic heterocycles. The third kappa shape index (κ3) is 4.09. The van der Waals surface area contributed by atoms with Crippen LogP contribution >= 0.6 is 23.2 Å². The zero-order chi connectivity index (χ0) is 18.5. The minimum Gasteiger partial charge on any atom is -0.320 e. The molecule has 1 N–H and O–H groups in total. The Bertz CT molecular complexity index is 1020. The highest BCUT2D eigenvalue weighted by Crippen LogP contribution is 2.25. The molecular weight excluding hydrogens is 373 g/mol. The molecule has 8 heteroatoms. The number of rotatable bonds is 4. The summed E-state index contributed by atoms with van der Waals surface area (Å²) in [6, 6.07) is 15.8. The Morgan fingerprint density at radius 1 is 1.19 bits per heavy atom. The molecular formula is C18H11Cl2N5O. The van der Waals surface area contributed by atoms with Crippen LogP contribution < -0.4 is 5.32 Å². The van der Waals surface area contributed by atoms with Gasteiger partial charge in [0.15, 0.2) is 0 Å². The van der Waals surface area contributed by atoms with E-state index < -0.39 is 5.91 Å². The van der Waals surface area contributed by atoms with Gasteiger partial charge >= 0.3 is 0 Å². The number of hydrogen-bond donors (Lipinski definition) is 1. The van der Waals surface area contributed by atoms with Crippen molar-refractivity contribution in [3.63, 3.8) is 0 Å². The molecule has 6 nitrogen and oxygen atoms in total. The maximum Gasteiger partial charge on any atom is 0.266 e. The summed E-state index contributed by atoms with van der Waals surface area (Å²) in [5.74, 6) is -0.620. The van der Waals surface area contributed by atoms with Crippen molar-refractivity contribution < 1.29 is 4.79 Å². The van der Waals surface area contributed by atoms with Crippen molar-refractivity contribution in [1.29, 1.82) is 5.26 Å². The van der Waals surface area contributed by atoms with Crippen LogP contribution in [0, 0.1) is 11.3 Å². The molecule has 0 unspecified atom stereocenters. The molecule has 0 aliphatic heterocycles. The van der Waals surface area contributed by atoms with Crippen LogP contribution in [0.15, 0.2) is 60.3 Å². The van der Waals surface area contributed by atoms with Crippen molar-refractivity contribution in [3.8, 4) is 11.8 Å².